The number of amides is 1. The number of halogens is 2. The van der Waals surface area contributed by atoms with Crippen molar-refractivity contribution in [3.8, 4) is 28.5 Å². The summed E-state index contributed by atoms with van der Waals surface area (Å²) in [6, 6.07) is 9.54. The number of aromatic nitrogens is 1. The second-order valence-electron chi connectivity index (χ2n) is 6.11. The Kier molecular flexibility index (Phi) is 7.38. The van der Waals surface area contributed by atoms with Gasteiger partial charge in [-0.25, -0.2) is 4.98 Å². The van der Waals surface area contributed by atoms with Crippen LogP contribution >= 0.6 is 43.2 Å². The standard InChI is InChI=1S/C21H20Br2N2O4S/c1-5-15-17(11-6-8-12(22)9-7-11)24-21(30-15)25-20(26)13-10-14(27-2)18(28-3)19(29-4)16(13)23/h6-10H,5H2,1-4H3,(H,24,25,26). The number of nitrogens with zero attached hydrogens (tertiary/aromatic N) is 1. The second-order valence-corrected chi connectivity index (χ2v) is 8.90. The molecule has 0 atom stereocenters. The molecule has 2 aromatic carbocycles. The molecule has 0 saturated carbocycles. The summed E-state index contributed by atoms with van der Waals surface area (Å²) < 4.78 is 17.6. The lowest BCUT2D eigenvalue weighted by molar-refractivity contribution is 0.102. The Morgan fingerprint density at radius 3 is 2.30 bits per heavy atom. The fourth-order valence-electron chi connectivity index (χ4n) is 2.93. The van der Waals surface area contributed by atoms with Crippen LogP contribution in [0.25, 0.3) is 11.3 Å². The third kappa shape index (κ3) is 4.48. The third-order valence-corrected chi connectivity index (χ3v) is 6.80. The maximum absolute atomic E-state index is 13.0. The van der Waals surface area contributed by atoms with Gasteiger partial charge in [0.1, 0.15) is 0 Å². The van der Waals surface area contributed by atoms with E-state index in [1.807, 2.05) is 24.3 Å². The maximum Gasteiger partial charge on any atom is 0.258 e. The number of methoxy groups -OCH3 is 3. The van der Waals surface area contributed by atoms with E-state index in [0.29, 0.717) is 32.4 Å². The lowest BCUT2D eigenvalue weighted by atomic mass is 10.1. The molecule has 0 aliphatic heterocycles. The highest BCUT2D eigenvalue weighted by atomic mass is 79.9. The first-order valence-electron chi connectivity index (χ1n) is 8.98. The molecule has 158 valence electrons. The summed E-state index contributed by atoms with van der Waals surface area (Å²) in [5.41, 5.74) is 2.22. The molecule has 3 aromatic rings. The number of nitrogens with one attached hydrogen (secondary N) is 1. The Morgan fingerprint density at radius 2 is 1.73 bits per heavy atom. The number of rotatable bonds is 7. The number of ether oxygens (including phenoxy) is 3. The second kappa shape index (κ2) is 9.80. The molecule has 0 fully saturated rings. The first-order chi connectivity index (χ1) is 14.4. The van der Waals surface area contributed by atoms with Crippen molar-refractivity contribution >= 4 is 54.2 Å². The topological polar surface area (TPSA) is 69.7 Å². The fourth-order valence-corrected chi connectivity index (χ4v) is 4.75. The van der Waals surface area contributed by atoms with Gasteiger partial charge in [0.05, 0.1) is 37.1 Å². The number of hydrogen-bond donors (Lipinski definition) is 1. The zero-order chi connectivity index (χ0) is 21.8. The van der Waals surface area contributed by atoms with E-state index in [4.69, 9.17) is 14.2 Å². The molecule has 0 radical (unpaired) electrons. The van der Waals surface area contributed by atoms with Gasteiger partial charge in [-0.1, -0.05) is 35.0 Å². The molecule has 1 heterocycles. The first-order valence-corrected chi connectivity index (χ1v) is 11.4. The molecule has 0 unspecified atom stereocenters. The van der Waals surface area contributed by atoms with Crippen molar-refractivity contribution in [2.45, 2.75) is 13.3 Å². The minimum Gasteiger partial charge on any atom is -0.493 e. The van der Waals surface area contributed by atoms with E-state index in [-0.39, 0.29) is 5.91 Å². The highest BCUT2D eigenvalue weighted by molar-refractivity contribution is 9.10. The van der Waals surface area contributed by atoms with Gasteiger partial charge in [0.15, 0.2) is 16.6 Å². The van der Waals surface area contributed by atoms with Crippen molar-refractivity contribution in [3.63, 3.8) is 0 Å². The van der Waals surface area contributed by atoms with Gasteiger partial charge < -0.3 is 14.2 Å². The minimum absolute atomic E-state index is 0.333. The molecule has 0 saturated heterocycles. The van der Waals surface area contributed by atoms with Crippen molar-refractivity contribution in [1.29, 1.82) is 0 Å². The summed E-state index contributed by atoms with van der Waals surface area (Å²) in [6.45, 7) is 2.07. The molecule has 1 N–H and O–H groups in total. The van der Waals surface area contributed by atoms with Crippen molar-refractivity contribution in [2.75, 3.05) is 26.6 Å². The van der Waals surface area contributed by atoms with Crippen LogP contribution in [-0.4, -0.2) is 32.2 Å². The van der Waals surface area contributed by atoms with Gasteiger partial charge in [-0.05, 0) is 40.5 Å². The van der Waals surface area contributed by atoms with E-state index in [1.165, 1.54) is 32.7 Å². The number of aryl methyl sites for hydroxylation is 1. The molecule has 1 amide bonds. The van der Waals surface area contributed by atoms with Crippen molar-refractivity contribution in [3.05, 3.63) is 49.7 Å². The zero-order valence-electron chi connectivity index (χ0n) is 16.8. The predicted octanol–water partition coefficient (Wildman–Crippen LogP) is 6.18. The highest BCUT2D eigenvalue weighted by Crippen LogP contribution is 2.45. The number of benzene rings is 2. The molecule has 9 heteroatoms. The van der Waals surface area contributed by atoms with Crippen molar-refractivity contribution in [2.24, 2.45) is 0 Å². The van der Waals surface area contributed by atoms with Gasteiger partial charge in [-0.2, -0.15) is 0 Å². The monoisotopic (exact) mass is 554 g/mol. The fraction of sp³-hybridized carbons (Fsp3) is 0.238. The van der Waals surface area contributed by atoms with Gasteiger partial charge in [-0.15, -0.1) is 11.3 Å². The molecule has 0 bridgehead atoms. The number of thiazole rings is 1. The maximum atomic E-state index is 13.0. The Labute approximate surface area is 195 Å². The van der Waals surface area contributed by atoms with Gasteiger partial charge in [0, 0.05) is 14.9 Å². The summed E-state index contributed by atoms with van der Waals surface area (Å²) in [5.74, 6) is 0.848. The minimum atomic E-state index is -0.333. The van der Waals surface area contributed by atoms with Crippen molar-refractivity contribution in [1.82, 2.24) is 4.98 Å². The number of hydrogen-bond acceptors (Lipinski definition) is 6. The van der Waals surface area contributed by atoms with Gasteiger partial charge in [-0.3, -0.25) is 10.1 Å². The van der Waals surface area contributed by atoms with Crippen LogP contribution in [0.1, 0.15) is 22.2 Å². The SMILES string of the molecule is CCc1sc(NC(=O)c2cc(OC)c(OC)c(OC)c2Br)nc1-c1ccc(Br)cc1. The lowest BCUT2D eigenvalue weighted by Gasteiger charge is -2.16. The quantitative estimate of drug-likeness (QED) is 0.377. The van der Waals surface area contributed by atoms with Crippen LogP contribution < -0.4 is 19.5 Å². The van der Waals surface area contributed by atoms with Crippen LogP contribution in [0.3, 0.4) is 0 Å². The smallest absolute Gasteiger partial charge is 0.258 e. The van der Waals surface area contributed by atoms with Crippen LogP contribution in [0.2, 0.25) is 0 Å². The summed E-state index contributed by atoms with van der Waals surface area (Å²) in [6.07, 6.45) is 0.812. The highest BCUT2D eigenvalue weighted by Gasteiger charge is 2.24. The van der Waals surface area contributed by atoms with E-state index in [2.05, 4.69) is 49.1 Å². The molecular weight excluding hydrogens is 536 g/mol. The molecule has 30 heavy (non-hydrogen) atoms. The lowest BCUT2D eigenvalue weighted by Crippen LogP contribution is -2.13. The molecule has 0 aliphatic rings. The van der Waals surface area contributed by atoms with Gasteiger partial charge in [0.25, 0.3) is 5.91 Å². The number of carbonyl (C=O) groups excluding carboxylic acids is 1. The van der Waals surface area contributed by atoms with Crippen molar-refractivity contribution < 1.29 is 19.0 Å². The predicted molar refractivity (Wildman–Crippen MR) is 126 cm³/mol. The van der Waals surface area contributed by atoms with Gasteiger partial charge in [0.2, 0.25) is 5.75 Å². The Morgan fingerprint density at radius 1 is 1.07 bits per heavy atom. The summed E-state index contributed by atoms with van der Waals surface area (Å²) in [5, 5.41) is 3.42. The Balaban J connectivity index is 1.96. The van der Waals surface area contributed by atoms with E-state index in [9.17, 15) is 4.79 Å². The zero-order valence-corrected chi connectivity index (χ0v) is 20.8. The van der Waals surface area contributed by atoms with E-state index < -0.39 is 0 Å². The van der Waals surface area contributed by atoms with Crippen LogP contribution in [0.4, 0.5) is 5.13 Å². The molecule has 3 rings (SSSR count). The van der Waals surface area contributed by atoms with Crippen LogP contribution in [-0.2, 0) is 6.42 Å². The first kappa shape index (κ1) is 22.6. The third-order valence-electron chi connectivity index (χ3n) is 4.37. The van der Waals surface area contributed by atoms with E-state index >= 15 is 0 Å². The largest absolute Gasteiger partial charge is 0.493 e. The average Bonchev–Trinajstić information content (AvgIpc) is 3.16. The summed E-state index contributed by atoms with van der Waals surface area (Å²) >= 11 is 8.35. The number of anilines is 1. The summed E-state index contributed by atoms with van der Waals surface area (Å²) in [4.78, 5) is 18.8. The summed E-state index contributed by atoms with van der Waals surface area (Å²) in [7, 11) is 4.52. The van der Waals surface area contributed by atoms with Crippen LogP contribution in [0.15, 0.2) is 39.3 Å². The van der Waals surface area contributed by atoms with Crippen LogP contribution in [0, 0.1) is 0 Å². The number of carbonyl (C=O) groups is 1. The van der Waals surface area contributed by atoms with E-state index in [1.54, 1.807) is 6.07 Å². The van der Waals surface area contributed by atoms with Gasteiger partial charge >= 0.3 is 0 Å². The molecule has 1 aromatic heterocycles. The van der Waals surface area contributed by atoms with E-state index in [0.717, 1.165) is 27.0 Å². The Bertz CT molecular complexity index is 1070. The molecule has 0 spiro atoms. The Hall–Kier alpha value is -2.10. The normalized spacial score (nSPS) is 10.6. The molecule has 0 aliphatic carbocycles. The van der Waals surface area contributed by atoms with Crippen LogP contribution in [0.5, 0.6) is 17.2 Å². The average molecular weight is 556 g/mol. The molecular formula is C21H20Br2N2O4S. The molecule has 6 nitrogen and oxygen atoms in total.